The third-order valence-corrected chi connectivity index (χ3v) is 6.29. The average molecular weight is 444 g/mol. The molecule has 0 atom stereocenters. The summed E-state index contributed by atoms with van der Waals surface area (Å²) in [5.74, 6) is 1.78. The largest absolute Gasteiger partial charge is 0.454 e. The first-order chi connectivity index (χ1) is 15.9. The van der Waals surface area contributed by atoms with Crippen molar-refractivity contribution in [2.75, 3.05) is 26.2 Å². The van der Waals surface area contributed by atoms with Crippen LogP contribution in [0.15, 0.2) is 54.7 Å². The Morgan fingerprint density at radius 3 is 2.55 bits per heavy atom. The number of nitrogens with zero attached hydrogens (tertiary/aromatic N) is 2. The molecule has 1 aliphatic carbocycles. The van der Waals surface area contributed by atoms with Gasteiger partial charge in [-0.25, -0.2) is 4.98 Å². The molecule has 33 heavy (non-hydrogen) atoms. The van der Waals surface area contributed by atoms with Crippen LogP contribution in [0.5, 0.6) is 11.5 Å². The molecule has 0 bridgehead atoms. The number of carbonyl (C=O) groups is 2. The van der Waals surface area contributed by atoms with Crippen LogP contribution in [-0.2, 0) is 10.2 Å². The predicted molar refractivity (Wildman–Crippen MR) is 125 cm³/mol. The van der Waals surface area contributed by atoms with Crippen molar-refractivity contribution in [3.05, 3.63) is 71.4 Å². The fraction of sp³-hybridized carbons (Fsp3) is 0.269. The molecule has 168 valence electrons. The zero-order chi connectivity index (χ0) is 23.2. The van der Waals surface area contributed by atoms with E-state index in [-0.39, 0.29) is 18.6 Å². The highest BCUT2D eigenvalue weighted by Gasteiger charge is 2.51. The van der Waals surface area contributed by atoms with Crippen molar-refractivity contribution in [2.24, 2.45) is 0 Å². The normalized spacial score (nSPS) is 15.1. The van der Waals surface area contributed by atoms with Gasteiger partial charge in [0.2, 0.25) is 12.7 Å². The van der Waals surface area contributed by atoms with Crippen LogP contribution in [0.3, 0.4) is 0 Å². The molecule has 2 amide bonds. The molecule has 7 nitrogen and oxygen atoms in total. The van der Waals surface area contributed by atoms with Crippen LogP contribution >= 0.6 is 0 Å². The maximum absolute atomic E-state index is 13.2. The summed E-state index contributed by atoms with van der Waals surface area (Å²) in [6, 6.07) is 15.0. The van der Waals surface area contributed by atoms with Crippen molar-refractivity contribution < 1.29 is 19.1 Å². The summed E-state index contributed by atoms with van der Waals surface area (Å²) >= 11 is 0. The van der Waals surface area contributed by atoms with Gasteiger partial charge in [-0.1, -0.05) is 18.2 Å². The number of rotatable bonds is 5. The number of fused-ring (bicyclic) bond motifs is 1. The first kappa shape index (κ1) is 21.0. The molecule has 1 aromatic heterocycles. The lowest BCUT2D eigenvalue weighted by Crippen LogP contribution is -2.28. The topological polar surface area (TPSA) is 80.8 Å². The van der Waals surface area contributed by atoms with Crippen molar-refractivity contribution in [1.29, 1.82) is 0 Å². The highest BCUT2D eigenvalue weighted by Crippen LogP contribution is 2.51. The summed E-state index contributed by atoms with van der Waals surface area (Å²) in [5, 5.41) is 2.99. The van der Waals surface area contributed by atoms with E-state index in [2.05, 4.69) is 10.3 Å². The van der Waals surface area contributed by atoms with Gasteiger partial charge in [0.15, 0.2) is 11.5 Å². The maximum atomic E-state index is 13.2. The number of ether oxygens (including phenoxy) is 2. The van der Waals surface area contributed by atoms with Gasteiger partial charge in [0.1, 0.15) is 5.82 Å². The third kappa shape index (κ3) is 3.80. The minimum Gasteiger partial charge on any atom is -0.454 e. The zero-order valence-electron chi connectivity index (χ0n) is 18.8. The second kappa shape index (κ2) is 7.92. The van der Waals surface area contributed by atoms with Gasteiger partial charge in [0.05, 0.1) is 5.41 Å². The van der Waals surface area contributed by atoms with Crippen molar-refractivity contribution in [2.45, 2.75) is 25.2 Å². The Bertz CT molecular complexity index is 1260. The molecule has 0 radical (unpaired) electrons. The van der Waals surface area contributed by atoms with Crippen LogP contribution in [0.1, 0.15) is 34.3 Å². The number of hydrogen-bond acceptors (Lipinski definition) is 5. The Labute approximate surface area is 192 Å². The Kier molecular flexibility index (Phi) is 5.04. The molecule has 0 saturated heterocycles. The van der Waals surface area contributed by atoms with Crippen LogP contribution in [0.2, 0.25) is 0 Å². The van der Waals surface area contributed by atoms with Gasteiger partial charge in [0, 0.05) is 31.4 Å². The molecule has 2 heterocycles. The first-order valence-electron chi connectivity index (χ1n) is 10.9. The maximum Gasteiger partial charge on any atom is 0.253 e. The molecule has 2 aromatic carbocycles. The number of aromatic nitrogens is 1. The third-order valence-electron chi connectivity index (χ3n) is 6.29. The van der Waals surface area contributed by atoms with Gasteiger partial charge >= 0.3 is 0 Å². The van der Waals surface area contributed by atoms with Crippen molar-refractivity contribution >= 4 is 17.6 Å². The summed E-state index contributed by atoms with van der Waals surface area (Å²) in [4.78, 5) is 31.5. The molecular formula is C26H25N3O4. The van der Waals surface area contributed by atoms with Gasteiger partial charge in [-0.15, -0.1) is 0 Å². The molecule has 1 saturated carbocycles. The van der Waals surface area contributed by atoms with E-state index < -0.39 is 5.41 Å². The number of pyridine rings is 1. The SMILES string of the molecule is Cc1cc(NC(=O)C2(c3ccc4c(c3)OCO4)CC2)ncc1-c1cccc(C(=O)N(C)C)c1. The zero-order valence-corrected chi connectivity index (χ0v) is 18.8. The van der Waals surface area contributed by atoms with E-state index >= 15 is 0 Å². The molecule has 7 heteroatoms. The van der Waals surface area contributed by atoms with E-state index in [1.807, 2.05) is 49.4 Å². The van der Waals surface area contributed by atoms with E-state index in [0.29, 0.717) is 22.9 Å². The Morgan fingerprint density at radius 2 is 1.82 bits per heavy atom. The first-order valence-corrected chi connectivity index (χ1v) is 10.9. The molecule has 2 aliphatic rings. The van der Waals surface area contributed by atoms with Crippen LogP contribution < -0.4 is 14.8 Å². The molecule has 0 unspecified atom stereocenters. The molecular weight excluding hydrogens is 418 g/mol. The number of anilines is 1. The van der Waals surface area contributed by atoms with E-state index in [9.17, 15) is 9.59 Å². The minimum atomic E-state index is -0.559. The molecule has 1 aliphatic heterocycles. The molecule has 1 fully saturated rings. The number of nitrogens with one attached hydrogen (secondary N) is 1. The van der Waals surface area contributed by atoms with E-state index in [1.165, 1.54) is 0 Å². The van der Waals surface area contributed by atoms with Crippen LogP contribution in [0.4, 0.5) is 5.82 Å². The number of amides is 2. The van der Waals surface area contributed by atoms with E-state index in [0.717, 1.165) is 35.1 Å². The van der Waals surface area contributed by atoms with Gasteiger partial charge in [0.25, 0.3) is 5.91 Å². The number of hydrogen-bond donors (Lipinski definition) is 1. The lowest BCUT2D eigenvalue weighted by atomic mass is 9.94. The lowest BCUT2D eigenvalue weighted by Gasteiger charge is -2.17. The minimum absolute atomic E-state index is 0.0513. The standard InChI is InChI=1S/C26H25N3O4/c1-16-11-23(27-14-20(16)17-5-4-6-18(12-17)24(30)29(2)3)28-25(31)26(9-10-26)19-7-8-21-22(13-19)33-15-32-21/h4-8,11-14H,9-10,15H2,1-3H3,(H,27,28,31). The molecule has 5 rings (SSSR count). The summed E-state index contributed by atoms with van der Waals surface area (Å²) in [6.45, 7) is 2.18. The lowest BCUT2D eigenvalue weighted by molar-refractivity contribution is -0.118. The highest BCUT2D eigenvalue weighted by atomic mass is 16.7. The molecule has 0 spiro atoms. The van der Waals surface area contributed by atoms with Gasteiger partial charge in [-0.3, -0.25) is 9.59 Å². The fourth-order valence-electron chi connectivity index (χ4n) is 4.21. The van der Waals surface area contributed by atoms with Crippen LogP contribution in [-0.4, -0.2) is 42.6 Å². The predicted octanol–water partition coefficient (Wildman–Crippen LogP) is 4.16. The van der Waals surface area contributed by atoms with E-state index in [1.54, 1.807) is 31.3 Å². The van der Waals surface area contributed by atoms with Crippen molar-refractivity contribution in [3.8, 4) is 22.6 Å². The number of benzene rings is 2. The Hall–Kier alpha value is -3.87. The van der Waals surface area contributed by atoms with Crippen LogP contribution in [0, 0.1) is 6.92 Å². The smallest absolute Gasteiger partial charge is 0.253 e. The summed E-state index contributed by atoms with van der Waals surface area (Å²) < 4.78 is 10.9. The number of aryl methyl sites for hydroxylation is 1. The van der Waals surface area contributed by atoms with Gasteiger partial charge < -0.3 is 19.7 Å². The Morgan fingerprint density at radius 1 is 1.03 bits per heavy atom. The summed E-state index contributed by atoms with van der Waals surface area (Å²) in [7, 11) is 3.46. The summed E-state index contributed by atoms with van der Waals surface area (Å²) in [6.07, 6.45) is 3.30. The van der Waals surface area contributed by atoms with Crippen LogP contribution in [0.25, 0.3) is 11.1 Å². The quantitative estimate of drug-likeness (QED) is 0.641. The summed E-state index contributed by atoms with van der Waals surface area (Å²) in [5.41, 5.74) is 3.77. The molecule has 1 N–H and O–H groups in total. The van der Waals surface area contributed by atoms with Gasteiger partial charge in [-0.2, -0.15) is 0 Å². The second-order valence-electron chi connectivity index (χ2n) is 8.77. The van der Waals surface area contributed by atoms with Crippen molar-refractivity contribution in [1.82, 2.24) is 9.88 Å². The van der Waals surface area contributed by atoms with E-state index in [4.69, 9.17) is 9.47 Å². The highest BCUT2D eigenvalue weighted by molar-refractivity contribution is 6.01. The monoisotopic (exact) mass is 443 g/mol. The fourth-order valence-corrected chi connectivity index (χ4v) is 4.21. The second-order valence-corrected chi connectivity index (χ2v) is 8.77. The van der Waals surface area contributed by atoms with Gasteiger partial charge in [-0.05, 0) is 66.8 Å². The Balaban J connectivity index is 1.36. The molecule has 3 aromatic rings. The number of carbonyl (C=O) groups excluding carboxylic acids is 2. The average Bonchev–Trinajstić information content (AvgIpc) is 3.49. The van der Waals surface area contributed by atoms with Crippen molar-refractivity contribution in [3.63, 3.8) is 0 Å².